The van der Waals surface area contributed by atoms with Gasteiger partial charge in [-0.2, -0.15) is 0 Å². The molecule has 1 aromatic carbocycles. The van der Waals surface area contributed by atoms with Crippen molar-refractivity contribution in [2.24, 2.45) is 0 Å². The third-order valence-corrected chi connectivity index (χ3v) is 5.18. The highest BCUT2D eigenvalue weighted by atomic mass is 32.2. The van der Waals surface area contributed by atoms with E-state index in [1.165, 1.54) is 0 Å². The summed E-state index contributed by atoms with van der Waals surface area (Å²) in [7, 11) is -3.10. The Morgan fingerprint density at radius 1 is 1.33 bits per heavy atom. The fraction of sp³-hybridized carbons (Fsp3) is 0.571. The molecule has 1 aliphatic heterocycles. The summed E-state index contributed by atoms with van der Waals surface area (Å²) >= 11 is 0. The van der Waals surface area contributed by atoms with Crippen molar-refractivity contribution >= 4 is 9.84 Å². The van der Waals surface area contributed by atoms with E-state index in [0.29, 0.717) is 10.9 Å². The summed E-state index contributed by atoms with van der Waals surface area (Å²) in [5.74, 6) is 0.263. The summed E-state index contributed by atoms with van der Waals surface area (Å²) in [5, 5.41) is 3.48. The maximum absolute atomic E-state index is 12.2. The fourth-order valence-corrected chi connectivity index (χ4v) is 4.14. The molecular formula is C14H21NO2S. The number of hydrogen-bond donors (Lipinski definition) is 1. The van der Waals surface area contributed by atoms with Gasteiger partial charge in [-0.15, -0.1) is 0 Å². The highest BCUT2D eigenvalue weighted by Crippen LogP contribution is 2.32. The Labute approximate surface area is 110 Å². The lowest BCUT2D eigenvalue weighted by Gasteiger charge is -2.21. The summed E-state index contributed by atoms with van der Waals surface area (Å²) in [6, 6.07) is 6.16. The number of nitrogens with one attached hydrogen (secondary N) is 1. The zero-order chi connectivity index (χ0) is 13.3. The third kappa shape index (κ3) is 2.75. The normalized spacial score (nSPS) is 22.6. The van der Waals surface area contributed by atoms with E-state index in [4.69, 9.17) is 0 Å². The van der Waals surface area contributed by atoms with E-state index < -0.39 is 9.84 Å². The maximum Gasteiger partial charge on any atom is 0.178 e. The average molecular weight is 267 g/mol. The molecule has 0 spiro atoms. The molecule has 1 heterocycles. The second-order valence-electron chi connectivity index (χ2n) is 5.38. The number of fused-ring (bicyclic) bond motifs is 1. The summed E-state index contributed by atoms with van der Waals surface area (Å²) in [5.41, 5.74) is 2.06. The minimum Gasteiger partial charge on any atom is -0.308 e. The zero-order valence-electron chi connectivity index (χ0n) is 11.2. The van der Waals surface area contributed by atoms with Crippen LogP contribution in [-0.4, -0.2) is 20.2 Å². The monoisotopic (exact) mass is 267 g/mol. The summed E-state index contributed by atoms with van der Waals surface area (Å²) in [6.07, 6.45) is 1.61. The number of hydrogen-bond acceptors (Lipinski definition) is 3. The molecule has 4 heteroatoms. The SMILES string of the molecule is Cc1ccc2c(c1)C(NC(C)C)CCCS2(=O)=O. The van der Waals surface area contributed by atoms with E-state index in [2.05, 4.69) is 19.2 Å². The smallest absolute Gasteiger partial charge is 0.178 e. The quantitative estimate of drug-likeness (QED) is 0.896. The largest absolute Gasteiger partial charge is 0.308 e. The molecule has 1 atom stereocenters. The van der Waals surface area contributed by atoms with E-state index in [1.54, 1.807) is 6.07 Å². The molecule has 0 bridgehead atoms. The van der Waals surface area contributed by atoms with Crippen LogP contribution in [0.3, 0.4) is 0 Å². The van der Waals surface area contributed by atoms with Gasteiger partial charge in [0.2, 0.25) is 0 Å². The molecule has 0 saturated heterocycles. The second-order valence-corrected chi connectivity index (χ2v) is 7.45. The van der Waals surface area contributed by atoms with Crippen molar-refractivity contribution in [1.82, 2.24) is 5.32 Å². The van der Waals surface area contributed by atoms with Crippen LogP contribution in [0, 0.1) is 6.92 Å². The molecule has 1 aliphatic rings. The molecule has 3 nitrogen and oxygen atoms in total. The summed E-state index contributed by atoms with van der Waals surface area (Å²) in [4.78, 5) is 0.517. The van der Waals surface area contributed by atoms with Crippen molar-refractivity contribution in [2.45, 2.75) is 50.6 Å². The predicted molar refractivity (Wildman–Crippen MR) is 73.5 cm³/mol. The Balaban J connectivity index is 2.52. The molecule has 2 rings (SSSR count). The number of rotatable bonds is 2. The lowest BCUT2D eigenvalue weighted by Crippen LogP contribution is -2.28. The van der Waals surface area contributed by atoms with Crippen molar-refractivity contribution in [1.29, 1.82) is 0 Å². The Morgan fingerprint density at radius 3 is 2.72 bits per heavy atom. The van der Waals surface area contributed by atoms with E-state index in [1.807, 2.05) is 19.1 Å². The van der Waals surface area contributed by atoms with Gasteiger partial charge in [0.05, 0.1) is 10.6 Å². The van der Waals surface area contributed by atoms with Gasteiger partial charge in [0.25, 0.3) is 0 Å². The van der Waals surface area contributed by atoms with Crippen LogP contribution < -0.4 is 5.32 Å². The molecule has 1 N–H and O–H groups in total. The summed E-state index contributed by atoms with van der Waals surface area (Å²) < 4.78 is 24.4. The van der Waals surface area contributed by atoms with E-state index in [-0.39, 0.29) is 11.8 Å². The minimum atomic E-state index is -3.10. The van der Waals surface area contributed by atoms with Crippen LogP contribution in [-0.2, 0) is 9.84 Å². The topological polar surface area (TPSA) is 46.2 Å². The van der Waals surface area contributed by atoms with Crippen LogP contribution in [0.25, 0.3) is 0 Å². The first-order chi connectivity index (χ1) is 8.40. The highest BCUT2D eigenvalue weighted by molar-refractivity contribution is 7.91. The standard InChI is InChI=1S/C14H21NO2S/c1-10(2)15-13-5-4-8-18(16,17)14-7-6-11(3)9-12(13)14/h6-7,9-10,13,15H,4-5,8H2,1-3H3. The van der Waals surface area contributed by atoms with Gasteiger partial charge < -0.3 is 5.32 Å². The minimum absolute atomic E-state index is 0.150. The van der Waals surface area contributed by atoms with Crippen LogP contribution in [0.1, 0.15) is 43.9 Å². The summed E-state index contributed by atoms with van der Waals surface area (Å²) in [6.45, 7) is 6.19. The fourth-order valence-electron chi connectivity index (χ4n) is 2.54. The molecule has 0 radical (unpaired) electrons. The van der Waals surface area contributed by atoms with Crippen molar-refractivity contribution in [3.63, 3.8) is 0 Å². The first kappa shape index (κ1) is 13.6. The predicted octanol–water partition coefficient (Wildman–Crippen LogP) is 2.60. The molecule has 0 aromatic heterocycles. The van der Waals surface area contributed by atoms with Gasteiger partial charge in [-0.25, -0.2) is 8.42 Å². The maximum atomic E-state index is 12.2. The van der Waals surface area contributed by atoms with E-state index in [0.717, 1.165) is 24.0 Å². The Kier molecular flexibility index (Phi) is 3.78. The van der Waals surface area contributed by atoms with E-state index in [9.17, 15) is 8.42 Å². The zero-order valence-corrected chi connectivity index (χ0v) is 12.0. The molecule has 1 unspecified atom stereocenters. The molecule has 0 amide bonds. The van der Waals surface area contributed by atoms with Crippen LogP contribution in [0.2, 0.25) is 0 Å². The van der Waals surface area contributed by atoms with Crippen molar-refractivity contribution in [3.05, 3.63) is 29.3 Å². The van der Waals surface area contributed by atoms with Gasteiger partial charge >= 0.3 is 0 Å². The number of benzene rings is 1. The van der Waals surface area contributed by atoms with Gasteiger partial charge in [-0.05, 0) is 31.4 Å². The molecule has 0 aliphatic carbocycles. The average Bonchev–Trinajstić information content (AvgIpc) is 2.36. The van der Waals surface area contributed by atoms with Crippen LogP contribution in [0.5, 0.6) is 0 Å². The first-order valence-electron chi connectivity index (χ1n) is 6.49. The third-order valence-electron chi connectivity index (χ3n) is 3.32. The number of sulfone groups is 1. The van der Waals surface area contributed by atoms with Crippen molar-refractivity contribution < 1.29 is 8.42 Å². The van der Waals surface area contributed by atoms with E-state index >= 15 is 0 Å². The molecule has 1 aromatic rings. The van der Waals surface area contributed by atoms with Crippen LogP contribution in [0.4, 0.5) is 0 Å². The highest BCUT2D eigenvalue weighted by Gasteiger charge is 2.27. The molecular weight excluding hydrogens is 246 g/mol. The molecule has 100 valence electrons. The second kappa shape index (κ2) is 5.02. The van der Waals surface area contributed by atoms with Gasteiger partial charge in [0, 0.05) is 12.1 Å². The van der Waals surface area contributed by atoms with Gasteiger partial charge in [0.15, 0.2) is 9.84 Å². The lowest BCUT2D eigenvalue weighted by atomic mass is 10.00. The van der Waals surface area contributed by atoms with Crippen LogP contribution in [0.15, 0.2) is 23.1 Å². The first-order valence-corrected chi connectivity index (χ1v) is 8.15. The van der Waals surface area contributed by atoms with Gasteiger partial charge in [-0.3, -0.25) is 0 Å². The van der Waals surface area contributed by atoms with Crippen molar-refractivity contribution in [2.75, 3.05) is 5.75 Å². The van der Waals surface area contributed by atoms with Gasteiger partial charge in [-0.1, -0.05) is 31.5 Å². The molecule has 18 heavy (non-hydrogen) atoms. The van der Waals surface area contributed by atoms with Crippen molar-refractivity contribution in [3.8, 4) is 0 Å². The Morgan fingerprint density at radius 2 is 2.06 bits per heavy atom. The Hall–Kier alpha value is -0.870. The number of aryl methyl sites for hydroxylation is 1. The molecule has 0 saturated carbocycles. The van der Waals surface area contributed by atoms with Crippen LogP contribution >= 0.6 is 0 Å². The van der Waals surface area contributed by atoms with Gasteiger partial charge in [0.1, 0.15) is 0 Å². The Bertz CT molecular complexity index is 535. The lowest BCUT2D eigenvalue weighted by molar-refractivity contribution is 0.447. The molecule has 0 fully saturated rings.